The van der Waals surface area contributed by atoms with Crippen molar-refractivity contribution < 1.29 is 33.7 Å². The van der Waals surface area contributed by atoms with Crippen LogP contribution in [0.5, 0.6) is 0 Å². The molecule has 0 heterocycles. The highest BCUT2D eigenvalue weighted by Crippen LogP contribution is 2.71. The van der Waals surface area contributed by atoms with Gasteiger partial charge in [-0.15, -0.1) is 0 Å². The summed E-state index contributed by atoms with van der Waals surface area (Å²) >= 11 is 0. The van der Waals surface area contributed by atoms with Crippen LogP contribution in [0.3, 0.4) is 0 Å². The lowest BCUT2D eigenvalue weighted by atomic mass is 9.44. The molecule has 4 aliphatic rings. The van der Waals surface area contributed by atoms with E-state index >= 15 is 4.39 Å². The summed E-state index contributed by atoms with van der Waals surface area (Å²) in [4.78, 5) is 37.0. The molecule has 0 saturated heterocycles. The number of rotatable bonds is 3. The zero-order valence-electron chi connectivity index (χ0n) is 18.5. The molecule has 0 unspecified atom stereocenters. The lowest BCUT2D eigenvalue weighted by Crippen LogP contribution is -2.70. The van der Waals surface area contributed by atoms with E-state index in [1.807, 2.05) is 0 Å². The number of carbonyl (C=O) groups is 3. The van der Waals surface area contributed by atoms with Crippen molar-refractivity contribution in [3.63, 3.8) is 0 Å². The second-order valence-corrected chi connectivity index (χ2v) is 10.3. The van der Waals surface area contributed by atoms with E-state index in [-0.39, 0.29) is 18.1 Å². The number of aliphatic hydroxyl groups excluding tert-OH is 2. The molecular weight excluding hydrogens is 403 g/mol. The van der Waals surface area contributed by atoms with E-state index in [0.29, 0.717) is 24.8 Å². The molecule has 0 bridgehead atoms. The van der Waals surface area contributed by atoms with Crippen LogP contribution in [-0.2, 0) is 19.1 Å². The lowest BCUT2D eigenvalue weighted by molar-refractivity contribution is -0.227. The number of esters is 1. The van der Waals surface area contributed by atoms with Gasteiger partial charge in [0.2, 0.25) is 5.78 Å². The number of halogens is 1. The van der Waals surface area contributed by atoms with Crippen molar-refractivity contribution in [1.82, 2.24) is 0 Å². The molecule has 3 saturated carbocycles. The third-order valence-corrected chi connectivity index (χ3v) is 9.04. The molecule has 170 valence electrons. The topological polar surface area (TPSA) is 101 Å². The van der Waals surface area contributed by atoms with E-state index in [1.165, 1.54) is 19.1 Å². The second kappa shape index (κ2) is 6.82. The van der Waals surface area contributed by atoms with Crippen molar-refractivity contribution in [1.29, 1.82) is 0 Å². The van der Waals surface area contributed by atoms with Crippen molar-refractivity contribution in [3.8, 4) is 0 Å². The van der Waals surface area contributed by atoms with E-state index < -0.39 is 58.4 Å². The molecule has 3 fully saturated rings. The minimum Gasteiger partial charge on any atom is -0.450 e. The van der Waals surface area contributed by atoms with E-state index in [9.17, 15) is 24.6 Å². The molecule has 4 rings (SSSR count). The number of ketones is 2. The monoisotopic (exact) mass is 434 g/mol. The van der Waals surface area contributed by atoms with Crippen LogP contribution in [0.4, 0.5) is 4.39 Å². The fourth-order valence-electron chi connectivity index (χ4n) is 7.74. The number of carbonyl (C=O) groups excluding carboxylic acids is 3. The number of allylic oxidation sites excluding steroid dienone is 4. The normalized spacial score (nSPS) is 48.4. The maximum Gasteiger partial charge on any atom is 0.303 e. The van der Waals surface area contributed by atoms with Crippen molar-refractivity contribution in [2.75, 3.05) is 6.61 Å². The smallest absolute Gasteiger partial charge is 0.303 e. The first-order valence-electron chi connectivity index (χ1n) is 11.0. The third kappa shape index (κ3) is 2.53. The fourth-order valence-corrected chi connectivity index (χ4v) is 7.74. The maximum atomic E-state index is 17.1. The standard InChI is InChI=1S/C24H31FO6/c1-13-9-18-17-6-5-15-10-16(28)7-8-21(15,3)23(17,25)19(29)11-22(18,4)24(13,20(30)12-26)31-14(2)27/h7-8,10,13,17-19,26,29H,5-6,9,11-12H2,1-4H3/t13-,17+,18-,19-,21+,22+,23+,24+/m1/s1. The summed E-state index contributed by atoms with van der Waals surface area (Å²) in [6.07, 6.45) is 4.29. The van der Waals surface area contributed by atoms with Crippen LogP contribution in [0.15, 0.2) is 23.8 Å². The first kappa shape index (κ1) is 22.3. The summed E-state index contributed by atoms with van der Waals surface area (Å²) in [6.45, 7) is 5.74. The molecule has 7 heteroatoms. The zero-order valence-corrected chi connectivity index (χ0v) is 18.5. The predicted octanol–water partition coefficient (Wildman–Crippen LogP) is 2.47. The second-order valence-electron chi connectivity index (χ2n) is 10.3. The summed E-state index contributed by atoms with van der Waals surface area (Å²) in [7, 11) is 0. The number of aliphatic hydroxyl groups is 2. The van der Waals surface area contributed by atoms with E-state index in [1.54, 1.807) is 26.8 Å². The van der Waals surface area contributed by atoms with Gasteiger partial charge in [0.1, 0.15) is 6.61 Å². The van der Waals surface area contributed by atoms with Gasteiger partial charge in [0.15, 0.2) is 17.1 Å². The Morgan fingerprint density at radius 2 is 1.97 bits per heavy atom. The Kier molecular flexibility index (Phi) is 4.91. The van der Waals surface area contributed by atoms with Crippen molar-refractivity contribution >= 4 is 17.5 Å². The van der Waals surface area contributed by atoms with Gasteiger partial charge in [0, 0.05) is 29.6 Å². The molecular formula is C24H31FO6. The number of hydrogen-bond acceptors (Lipinski definition) is 6. The van der Waals surface area contributed by atoms with E-state index in [0.717, 1.165) is 0 Å². The molecule has 0 aliphatic heterocycles. The summed E-state index contributed by atoms with van der Waals surface area (Å²) in [5, 5.41) is 21.1. The number of alkyl halides is 1. The average molecular weight is 435 g/mol. The summed E-state index contributed by atoms with van der Waals surface area (Å²) in [5.74, 6) is -2.79. The molecule has 0 aromatic carbocycles. The van der Waals surface area contributed by atoms with Gasteiger partial charge in [0.25, 0.3) is 0 Å². The molecule has 0 amide bonds. The van der Waals surface area contributed by atoms with E-state index in [4.69, 9.17) is 4.74 Å². The van der Waals surface area contributed by atoms with Gasteiger partial charge in [-0.05, 0) is 50.7 Å². The molecule has 0 aromatic heterocycles. The summed E-state index contributed by atoms with van der Waals surface area (Å²) in [6, 6.07) is 0. The van der Waals surface area contributed by atoms with Crippen LogP contribution in [0.1, 0.15) is 53.4 Å². The zero-order chi connectivity index (χ0) is 23.0. The number of Topliss-reactive ketones (excluding diaryl/α,β-unsaturated/α-hetero) is 1. The number of hydrogen-bond donors (Lipinski definition) is 2. The van der Waals surface area contributed by atoms with E-state index in [2.05, 4.69) is 0 Å². The molecule has 6 nitrogen and oxygen atoms in total. The Labute approximate surface area is 181 Å². The van der Waals surface area contributed by atoms with Crippen LogP contribution >= 0.6 is 0 Å². The molecule has 0 aromatic rings. The van der Waals surface area contributed by atoms with Crippen LogP contribution in [-0.4, -0.2) is 51.7 Å². The minimum absolute atomic E-state index is 0.0846. The fraction of sp³-hybridized carbons (Fsp3) is 0.708. The quantitative estimate of drug-likeness (QED) is 0.662. The highest BCUT2D eigenvalue weighted by Gasteiger charge is 2.77. The van der Waals surface area contributed by atoms with Gasteiger partial charge in [-0.25, -0.2) is 4.39 Å². The van der Waals surface area contributed by atoms with Crippen molar-refractivity contribution in [3.05, 3.63) is 23.8 Å². The minimum atomic E-state index is -2.02. The third-order valence-electron chi connectivity index (χ3n) is 9.04. The Balaban J connectivity index is 1.86. The average Bonchev–Trinajstić information content (AvgIpc) is 2.90. The molecule has 0 spiro atoms. The molecule has 31 heavy (non-hydrogen) atoms. The van der Waals surface area contributed by atoms with Gasteiger partial charge in [-0.2, -0.15) is 0 Å². The summed E-state index contributed by atoms with van der Waals surface area (Å²) in [5.41, 5.74) is -5.10. The SMILES string of the molecule is CC(=O)O[C@]1(C(=O)CO)[C@H](C)C[C@@H]2[C@@H]3CCC4=CC(=O)C=C[C@]4(C)[C@@]3(F)[C@H](O)C[C@@]21C. The Bertz CT molecular complexity index is 910. The van der Waals surface area contributed by atoms with Crippen LogP contribution in [0, 0.1) is 28.6 Å². The van der Waals surface area contributed by atoms with Gasteiger partial charge >= 0.3 is 5.97 Å². The van der Waals surface area contributed by atoms with Gasteiger partial charge in [-0.1, -0.05) is 25.5 Å². The Morgan fingerprint density at radius 1 is 1.29 bits per heavy atom. The molecule has 4 aliphatic carbocycles. The van der Waals surface area contributed by atoms with Gasteiger partial charge in [-0.3, -0.25) is 14.4 Å². The first-order chi connectivity index (χ1) is 14.4. The van der Waals surface area contributed by atoms with Gasteiger partial charge in [0.05, 0.1) is 6.10 Å². The van der Waals surface area contributed by atoms with Crippen LogP contribution in [0.2, 0.25) is 0 Å². The largest absolute Gasteiger partial charge is 0.450 e. The van der Waals surface area contributed by atoms with Crippen molar-refractivity contribution in [2.24, 2.45) is 28.6 Å². The van der Waals surface area contributed by atoms with Crippen molar-refractivity contribution in [2.45, 2.75) is 70.8 Å². The number of fused-ring (bicyclic) bond motifs is 5. The highest BCUT2D eigenvalue weighted by molar-refractivity contribution is 6.01. The first-order valence-corrected chi connectivity index (χ1v) is 11.0. The highest BCUT2D eigenvalue weighted by atomic mass is 19.1. The van der Waals surface area contributed by atoms with Crippen LogP contribution in [0.25, 0.3) is 0 Å². The number of ether oxygens (including phenoxy) is 1. The lowest BCUT2D eigenvalue weighted by Gasteiger charge is -2.62. The molecule has 8 atom stereocenters. The Morgan fingerprint density at radius 3 is 2.58 bits per heavy atom. The predicted molar refractivity (Wildman–Crippen MR) is 109 cm³/mol. The summed E-state index contributed by atoms with van der Waals surface area (Å²) < 4.78 is 22.8. The van der Waals surface area contributed by atoms with Gasteiger partial charge < -0.3 is 14.9 Å². The van der Waals surface area contributed by atoms with Crippen LogP contribution < -0.4 is 0 Å². The molecule has 0 radical (unpaired) electrons. The molecule has 2 N–H and O–H groups in total. The Hall–Kier alpha value is -1.86. The maximum absolute atomic E-state index is 17.1.